The molecule has 20 heavy (non-hydrogen) atoms. The van der Waals surface area contributed by atoms with Gasteiger partial charge in [-0.2, -0.15) is 0 Å². The second-order valence-corrected chi connectivity index (χ2v) is 4.60. The van der Waals surface area contributed by atoms with Gasteiger partial charge in [0.2, 0.25) is 0 Å². The van der Waals surface area contributed by atoms with Gasteiger partial charge in [0, 0.05) is 12.0 Å². The lowest BCUT2D eigenvalue weighted by Crippen LogP contribution is -1.96. The number of ether oxygens (including phenoxy) is 1. The van der Waals surface area contributed by atoms with Gasteiger partial charge in [0.1, 0.15) is 12.0 Å². The van der Waals surface area contributed by atoms with Crippen molar-refractivity contribution in [2.45, 2.75) is 20.3 Å². The number of carbonyl (C=O) groups excluding carboxylic acids is 1. The normalized spacial score (nSPS) is 10.1. The Kier molecular flexibility index (Phi) is 4.25. The van der Waals surface area contributed by atoms with Gasteiger partial charge in [-0.25, -0.2) is 0 Å². The van der Waals surface area contributed by atoms with E-state index in [9.17, 15) is 9.70 Å². The first kappa shape index (κ1) is 13.9. The number of para-hydroxylation sites is 1. The summed E-state index contributed by atoms with van der Waals surface area (Å²) in [7, 11) is 0. The minimum atomic E-state index is 0.186. The van der Waals surface area contributed by atoms with Crippen molar-refractivity contribution in [1.82, 2.24) is 0 Å². The van der Waals surface area contributed by atoms with Gasteiger partial charge < -0.3 is 9.53 Å². The molecule has 102 valence electrons. The molecule has 0 spiro atoms. The zero-order valence-corrected chi connectivity index (χ0v) is 11.4. The first-order valence-corrected chi connectivity index (χ1v) is 6.29. The van der Waals surface area contributed by atoms with Gasteiger partial charge in [-0.1, -0.05) is 24.3 Å². The number of rotatable bonds is 5. The highest BCUT2D eigenvalue weighted by molar-refractivity contribution is 5.65. The fraction of sp³-hybridized carbons (Fsp3) is 0.188. The standard InChI is InChI=1S/C16H15NO3/c1-11-9-13(7-8-18)16(14(10-11)17-19)20-15-6-4-3-5-12(15)2/h3-6,8-10H,7H2,1-2H3. The maximum atomic E-state index is 11.0. The van der Waals surface area contributed by atoms with Crippen LogP contribution in [0.5, 0.6) is 11.5 Å². The van der Waals surface area contributed by atoms with Crippen LogP contribution in [-0.2, 0) is 11.2 Å². The van der Waals surface area contributed by atoms with E-state index in [0.29, 0.717) is 17.1 Å². The third-order valence-corrected chi connectivity index (χ3v) is 3.00. The number of aryl methyl sites for hydroxylation is 2. The average molecular weight is 269 g/mol. The molecular formula is C16H15NO3. The van der Waals surface area contributed by atoms with Crippen LogP contribution in [0, 0.1) is 18.8 Å². The summed E-state index contributed by atoms with van der Waals surface area (Å²) < 4.78 is 5.82. The highest BCUT2D eigenvalue weighted by Gasteiger charge is 2.14. The predicted molar refractivity (Wildman–Crippen MR) is 77.7 cm³/mol. The molecule has 2 aromatic rings. The lowest BCUT2D eigenvalue weighted by atomic mass is 10.1. The molecule has 4 heteroatoms. The fourth-order valence-corrected chi connectivity index (χ4v) is 2.04. The summed E-state index contributed by atoms with van der Waals surface area (Å²) >= 11 is 0. The molecule has 0 aliphatic rings. The summed E-state index contributed by atoms with van der Waals surface area (Å²) in [6, 6.07) is 11.0. The molecule has 0 atom stereocenters. The molecular weight excluding hydrogens is 254 g/mol. The molecule has 0 unspecified atom stereocenters. The maximum Gasteiger partial charge on any atom is 0.160 e. The van der Waals surface area contributed by atoms with Crippen LogP contribution in [0.25, 0.3) is 0 Å². The number of benzene rings is 2. The van der Waals surface area contributed by atoms with Gasteiger partial charge in [-0.05, 0) is 42.3 Å². The van der Waals surface area contributed by atoms with E-state index in [1.165, 1.54) is 0 Å². The molecule has 0 saturated heterocycles. The fourth-order valence-electron chi connectivity index (χ4n) is 2.04. The number of hydrogen-bond donors (Lipinski definition) is 0. The highest BCUT2D eigenvalue weighted by Crippen LogP contribution is 2.37. The van der Waals surface area contributed by atoms with Crippen LogP contribution in [-0.4, -0.2) is 6.29 Å². The molecule has 0 saturated carbocycles. The van der Waals surface area contributed by atoms with Crippen molar-refractivity contribution < 1.29 is 9.53 Å². The van der Waals surface area contributed by atoms with Gasteiger partial charge in [0.15, 0.2) is 11.4 Å². The third kappa shape index (κ3) is 2.91. The molecule has 2 aromatic carbocycles. The van der Waals surface area contributed by atoms with Crippen LogP contribution < -0.4 is 4.74 Å². The predicted octanol–water partition coefficient (Wildman–Crippen LogP) is 4.24. The van der Waals surface area contributed by atoms with Crippen molar-refractivity contribution in [3.05, 3.63) is 58.0 Å². The van der Waals surface area contributed by atoms with Crippen LogP contribution in [0.3, 0.4) is 0 Å². The van der Waals surface area contributed by atoms with Crippen molar-refractivity contribution in [1.29, 1.82) is 0 Å². The summed E-state index contributed by atoms with van der Waals surface area (Å²) in [5.41, 5.74) is 2.69. The molecule has 0 fully saturated rings. The van der Waals surface area contributed by atoms with Gasteiger partial charge in [0.25, 0.3) is 0 Å². The number of hydrogen-bond acceptors (Lipinski definition) is 4. The second kappa shape index (κ2) is 6.10. The van der Waals surface area contributed by atoms with Crippen molar-refractivity contribution in [3.8, 4) is 11.5 Å². The number of aldehydes is 1. The Morgan fingerprint density at radius 2 is 1.95 bits per heavy atom. The van der Waals surface area contributed by atoms with E-state index in [1.807, 2.05) is 44.2 Å². The van der Waals surface area contributed by atoms with E-state index in [0.717, 1.165) is 17.4 Å². The van der Waals surface area contributed by atoms with E-state index in [2.05, 4.69) is 5.18 Å². The van der Waals surface area contributed by atoms with E-state index in [1.54, 1.807) is 6.07 Å². The summed E-state index contributed by atoms with van der Waals surface area (Å²) in [5.74, 6) is 1.00. The van der Waals surface area contributed by atoms with Crippen molar-refractivity contribution in [2.24, 2.45) is 5.18 Å². The van der Waals surface area contributed by atoms with Crippen LogP contribution >= 0.6 is 0 Å². The molecule has 0 bridgehead atoms. The SMILES string of the molecule is Cc1cc(CC=O)c(Oc2ccccc2C)c(N=O)c1. The molecule has 0 heterocycles. The van der Waals surface area contributed by atoms with E-state index < -0.39 is 0 Å². The van der Waals surface area contributed by atoms with Crippen LogP contribution in [0.2, 0.25) is 0 Å². The molecule has 0 aliphatic heterocycles. The third-order valence-electron chi connectivity index (χ3n) is 3.00. The van der Waals surface area contributed by atoms with Crippen LogP contribution in [0.1, 0.15) is 16.7 Å². The lowest BCUT2D eigenvalue weighted by molar-refractivity contribution is -0.107. The van der Waals surface area contributed by atoms with E-state index in [4.69, 9.17) is 4.74 Å². The minimum absolute atomic E-state index is 0.186. The van der Waals surface area contributed by atoms with Crippen molar-refractivity contribution in [3.63, 3.8) is 0 Å². The van der Waals surface area contributed by atoms with Gasteiger partial charge in [-0.15, -0.1) is 4.91 Å². The summed E-state index contributed by atoms with van der Waals surface area (Å²) in [6.45, 7) is 3.76. The topological polar surface area (TPSA) is 55.7 Å². The summed E-state index contributed by atoms with van der Waals surface area (Å²) in [6.07, 6.45) is 0.972. The van der Waals surface area contributed by atoms with Gasteiger partial charge in [0.05, 0.1) is 0 Å². The minimum Gasteiger partial charge on any atom is -0.454 e. The highest BCUT2D eigenvalue weighted by atomic mass is 16.5. The zero-order valence-electron chi connectivity index (χ0n) is 11.4. The molecule has 0 radical (unpaired) electrons. The molecule has 2 rings (SSSR count). The van der Waals surface area contributed by atoms with Crippen LogP contribution in [0.15, 0.2) is 41.6 Å². The summed E-state index contributed by atoms with van der Waals surface area (Å²) in [4.78, 5) is 21.8. The second-order valence-electron chi connectivity index (χ2n) is 4.60. The average Bonchev–Trinajstić information content (AvgIpc) is 2.43. The molecule has 4 nitrogen and oxygen atoms in total. The molecule has 0 aliphatic carbocycles. The lowest BCUT2D eigenvalue weighted by Gasteiger charge is -2.13. The molecule has 0 amide bonds. The summed E-state index contributed by atoms with van der Waals surface area (Å²) in [5, 5.41) is 3.01. The van der Waals surface area contributed by atoms with E-state index >= 15 is 0 Å². The number of nitroso groups, excluding NO2 is 1. The Labute approximate surface area is 117 Å². The van der Waals surface area contributed by atoms with Crippen molar-refractivity contribution in [2.75, 3.05) is 0 Å². The quantitative estimate of drug-likeness (QED) is 0.602. The first-order chi connectivity index (χ1) is 9.65. The van der Waals surface area contributed by atoms with E-state index in [-0.39, 0.29) is 12.1 Å². The monoisotopic (exact) mass is 269 g/mol. The Morgan fingerprint density at radius 3 is 2.60 bits per heavy atom. The Balaban J connectivity index is 2.51. The first-order valence-electron chi connectivity index (χ1n) is 6.29. The Hall–Kier alpha value is -2.49. The Bertz CT molecular complexity index is 650. The van der Waals surface area contributed by atoms with Gasteiger partial charge >= 0.3 is 0 Å². The Morgan fingerprint density at radius 1 is 1.20 bits per heavy atom. The molecule has 0 N–H and O–H groups in total. The van der Waals surface area contributed by atoms with Gasteiger partial charge in [-0.3, -0.25) is 0 Å². The number of nitrogens with zero attached hydrogens (tertiary/aromatic N) is 1. The van der Waals surface area contributed by atoms with Crippen molar-refractivity contribution >= 4 is 12.0 Å². The number of carbonyl (C=O) groups is 1. The smallest absolute Gasteiger partial charge is 0.160 e. The largest absolute Gasteiger partial charge is 0.454 e. The molecule has 0 aromatic heterocycles. The zero-order chi connectivity index (χ0) is 14.5. The maximum absolute atomic E-state index is 11.0. The van der Waals surface area contributed by atoms with Crippen LogP contribution in [0.4, 0.5) is 5.69 Å².